The predicted molar refractivity (Wildman–Crippen MR) is 94.4 cm³/mol. The molecule has 2 aromatic heterocycles. The molecule has 0 radical (unpaired) electrons. The third-order valence-corrected chi connectivity index (χ3v) is 6.42. The van der Waals surface area contributed by atoms with Gasteiger partial charge < -0.3 is 4.98 Å². The van der Waals surface area contributed by atoms with Gasteiger partial charge in [0.1, 0.15) is 0 Å². The van der Waals surface area contributed by atoms with E-state index in [2.05, 4.69) is 19.9 Å². The molecule has 1 aromatic carbocycles. The molecule has 0 aliphatic carbocycles. The van der Waals surface area contributed by atoms with E-state index in [1.54, 1.807) is 0 Å². The Morgan fingerprint density at radius 2 is 1.92 bits per heavy atom. The van der Waals surface area contributed by atoms with Crippen LogP contribution in [-0.2, 0) is 15.8 Å². The highest BCUT2D eigenvalue weighted by Crippen LogP contribution is 2.29. The van der Waals surface area contributed by atoms with Gasteiger partial charge in [0.15, 0.2) is 9.24 Å². The number of anilines is 1. The van der Waals surface area contributed by atoms with Crippen LogP contribution in [0.15, 0.2) is 55.4 Å². The largest absolute Gasteiger partial charge is 0.325 e. The van der Waals surface area contributed by atoms with Crippen molar-refractivity contribution in [3.63, 3.8) is 0 Å². The van der Waals surface area contributed by atoms with Crippen LogP contribution in [0.2, 0.25) is 0 Å². The fourth-order valence-corrected chi connectivity index (χ4v) is 4.74. The van der Waals surface area contributed by atoms with Gasteiger partial charge in [-0.3, -0.25) is 14.5 Å². The number of nitrogens with one attached hydrogen (secondary N) is 3. The zero-order chi connectivity index (χ0) is 17.9. The molecule has 0 amide bonds. The monoisotopic (exact) mass is 397 g/mol. The van der Waals surface area contributed by atoms with Crippen LogP contribution in [0.5, 0.6) is 0 Å². The standard InChI is InChI=1S/C13H11N5O4S3/c19-10-9(6-14-11(20)15-10)25(21,22)18-12-16-17-13(24-12)23-7-8-4-2-1-3-5-8/h1-6H,7H2,(H,16,18)(H2,14,15,19,20). The Morgan fingerprint density at radius 3 is 2.64 bits per heavy atom. The minimum Gasteiger partial charge on any atom is -0.313 e. The van der Waals surface area contributed by atoms with Crippen molar-refractivity contribution in [2.75, 3.05) is 4.72 Å². The number of aromatic amines is 2. The number of nitrogens with zero attached hydrogens (tertiary/aromatic N) is 2. The molecule has 2 heterocycles. The van der Waals surface area contributed by atoms with Gasteiger partial charge in [-0.1, -0.05) is 53.4 Å². The van der Waals surface area contributed by atoms with Crippen LogP contribution in [0.4, 0.5) is 5.13 Å². The first-order chi connectivity index (χ1) is 11.9. The molecule has 3 rings (SSSR count). The Morgan fingerprint density at radius 1 is 1.16 bits per heavy atom. The lowest BCUT2D eigenvalue weighted by atomic mass is 10.2. The molecule has 0 saturated heterocycles. The second-order valence-corrected chi connectivity index (χ2v) is 8.54. The Bertz CT molecular complexity index is 1090. The Balaban J connectivity index is 1.72. The summed E-state index contributed by atoms with van der Waals surface area (Å²) < 4.78 is 27.2. The smallest absolute Gasteiger partial charge is 0.313 e. The normalized spacial score (nSPS) is 11.4. The molecule has 0 unspecified atom stereocenters. The van der Waals surface area contributed by atoms with Gasteiger partial charge in [-0.25, -0.2) is 13.2 Å². The molecule has 0 spiro atoms. The Hall–Kier alpha value is -2.44. The zero-order valence-corrected chi connectivity index (χ0v) is 14.9. The lowest BCUT2D eigenvalue weighted by Gasteiger charge is -2.02. The molecule has 130 valence electrons. The number of benzene rings is 1. The van der Waals surface area contributed by atoms with E-state index in [1.165, 1.54) is 11.8 Å². The topological polar surface area (TPSA) is 138 Å². The molecular weight excluding hydrogens is 386 g/mol. The highest BCUT2D eigenvalue weighted by molar-refractivity contribution is 8.00. The second-order valence-electron chi connectivity index (χ2n) is 4.69. The van der Waals surface area contributed by atoms with E-state index in [4.69, 9.17) is 0 Å². The first kappa shape index (κ1) is 17.4. The number of thioether (sulfide) groups is 1. The molecule has 0 aliphatic rings. The third kappa shape index (κ3) is 4.35. The third-order valence-electron chi connectivity index (χ3n) is 2.91. The highest BCUT2D eigenvalue weighted by atomic mass is 32.2. The SMILES string of the molecule is O=c1[nH]cc(S(=O)(=O)Nc2nnc(SCc3ccccc3)s2)c(=O)[nH]1. The minimum absolute atomic E-state index is 0.0289. The maximum absolute atomic E-state index is 12.2. The van der Waals surface area contributed by atoms with E-state index >= 15 is 0 Å². The molecular formula is C13H11N5O4S3. The molecule has 0 aliphatic heterocycles. The van der Waals surface area contributed by atoms with Crippen LogP contribution in [0.3, 0.4) is 0 Å². The van der Waals surface area contributed by atoms with Gasteiger partial charge in [-0.15, -0.1) is 10.2 Å². The number of hydrogen-bond acceptors (Lipinski definition) is 8. The van der Waals surface area contributed by atoms with E-state index in [0.717, 1.165) is 23.1 Å². The van der Waals surface area contributed by atoms with Crippen molar-refractivity contribution in [3.8, 4) is 0 Å². The summed E-state index contributed by atoms with van der Waals surface area (Å²) >= 11 is 2.46. The summed E-state index contributed by atoms with van der Waals surface area (Å²) in [4.78, 5) is 25.9. The summed E-state index contributed by atoms with van der Waals surface area (Å²) in [5, 5.41) is 7.69. The van der Waals surface area contributed by atoms with Gasteiger partial charge in [-0.05, 0) is 5.56 Å². The maximum Gasteiger partial charge on any atom is 0.325 e. The first-order valence-corrected chi connectivity index (χ1v) is 10.1. The molecule has 3 aromatic rings. The second kappa shape index (κ2) is 7.21. The van der Waals surface area contributed by atoms with Crippen LogP contribution >= 0.6 is 23.1 Å². The van der Waals surface area contributed by atoms with Crippen molar-refractivity contribution in [2.45, 2.75) is 15.0 Å². The lowest BCUT2D eigenvalue weighted by Crippen LogP contribution is -2.29. The molecule has 0 fully saturated rings. The van der Waals surface area contributed by atoms with E-state index in [-0.39, 0.29) is 5.13 Å². The number of hydrogen-bond donors (Lipinski definition) is 3. The number of rotatable bonds is 6. The van der Waals surface area contributed by atoms with E-state index in [9.17, 15) is 18.0 Å². The van der Waals surface area contributed by atoms with E-state index in [1.807, 2.05) is 35.3 Å². The van der Waals surface area contributed by atoms with Crippen molar-refractivity contribution in [2.24, 2.45) is 0 Å². The average molecular weight is 397 g/mol. The Kier molecular flexibility index (Phi) is 5.01. The van der Waals surface area contributed by atoms with Gasteiger partial charge in [-0.2, -0.15) is 0 Å². The van der Waals surface area contributed by atoms with Gasteiger partial charge in [0.05, 0.1) is 0 Å². The van der Waals surface area contributed by atoms with Crippen LogP contribution in [0.25, 0.3) is 0 Å². The van der Waals surface area contributed by atoms with Crippen LogP contribution in [0, 0.1) is 0 Å². The molecule has 12 heteroatoms. The van der Waals surface area contributed by atoms with Crippen molar-refractivity contribution in [1.82, 2.24) is 20.2 Å². The summed E-state index contributed by atoms with van der Waals surface area (Å²) in [6.07, 6.45) is 0.829. The number of H-pyrrole nitrogens is 2. The summed E-state index contributed by atoms with van der Waals surface area (Å²) in [5.41, 5.74) is -0.705. The number of aromatic nitrogens is 4. The minimum atomic E-state index is -4.18. The lowest BCUT2D eigenvalue weighted by molar-refractivity contribution is 0.599. The van der Waals surface area contributed by atoms with Crippen molar-refractivity contribution in [1.29, 1.82) is 0 Å². The van der Waals surface area contributed by atoms with Gasteiger partial charge in [0.25, 0.3) is 15.6 Å². The molecule has 3 N–H and O–H groups in total. The number of sulfonamides is 1. The van der Waals surface area contributed by atoms with E-state index < -0.39 is 26.2 Å². The van der Waals surface area contributed by atoms with Crippen molar-refractivity contribution < 1.29 is 8.42 Å². The summed E-state index contributed by atoms with van der Waals surface area (Å²) in [6.45, 7) is 0. The van der Waals surface area contributed by atoms with Crippen LogP contribution in [0.1, 0.15) is 5.56 Å². The first-order valence-electron chi connectivity index (χ1n) is 6.79. The van der Waals surface area contributed by atoms with Crippen LogP contribution in [-0.4, -0.2) is 28.6 Å². The fraction of sp³-hybridized carbons (Fsp3) is 0.0769. The highest BCUT2D eigenvalue weighted by Gasteiger charge is 2.21. The molecule has 0 atom stereocenters. The predicted octanol–water partition coefficient (Wildman–Crippen LogP) is 1.01. The van der Waals surface area contributed by atoms with Gasteiger partial charge in [0.2, 0.25) is 5.13 Å². The van der Waals surface area contributed by atoms with Gasteiger partial charge in [0, 0.05) is 11.9 Å². The average Bonchev–Trinajstić information content (AvgIpc) is 3.00. The summed E-state index contributed by atoms with van der Waals surface area (Å²) in [6, 6.07) is 9.72. The summed E-state index contributed by atoms with van der Waals surface area (Å²) in [7, 11) is -4.18. The van der Waals surface area contributed by atoms with Crippen LogP contribution < -0.4 is 16.0 Å². The van der Waals surface area contributed by atoms with Crippen molar-refractivity contribution in [3.05, 3.63) is 62.9 Å². The summed E-state index contributed by atoms with van der Waals surface area (Å²) in [5.74, 6) is 0.668. The maximum atomic E-state index is 12.2. The van der Waals surface area contributed by atoms with E-state index in [0.29, 0.717) is 10.1 Å². The Labute approximate surface area is 149 Å². The molecule has 25 heavy (non-hydrogen) atoms. The zero-order valence-electron chi connectivity index (χ0n) is 12.4. The molecule has 0 saturated carbocycles. The quantitative estimate of drug-likeness (QED) is 0.528. The molecule has 0 bridgehead atoms. The van der Waals surface area contributed by atoms with Gasteiger partial charge >= 0.3 is 5.69 Å². The van der Waals surface area contributed by atoms with Crippen molar-refractivity contribution >= 4 is 38.3 Å². The fourth-order valence-electron chi connectivity index (χ4n) is 1.80. The molecule has 9 nitrogen and oxygen atoms in total.